The Hall–Kier alpha value is -3.19. The van der Waals surface area contributed by atoms with Crippen molar-refractivity contribution >= 4 is 11.3 Å². The average Bonchev–Trinajstić information content (AvgIpc) is 3.05. The zero-order valence-corrected chi connectivity index (χ0v) is 14.2. The van der Waals surface area contributed by atoms with E-state index in [9.17, 15) is 5.21 Å². The summed E-state index contributed by atoms with van der Waals surface area (Å²) in [7, 11) is 0. The van der Waals surface area contributed by atoms with Gasteiger partial charge in [0.1, 0.15) is 5.01 Å². The van der Waals surface area contributed by atoms with Crippen LogP contribution in [-0.2, 0) is 0 Å². The van der Waals surface area contributed by atoms with Crippen molar-refractivity contribution in [2.45, 2.75) is 6.92 Å². The number of nitrogens with zero attached hydrogens (tertiary/aromatic N) is 5. The summed E-state index contributed by atoms with van der Waals surface area (Å²) in [5.41, 5.74) is 3.18. The molecule has 0 radical (unpaired) electrons. The van der Waals surface area contributed by atoms with E-state index in [2.05, 4.69) is 19.9 Å². The van der Waals surface area contributed by atoms with Gasteiger partial charge < -0.3 is 0 Å². The molecule has 0 bridgehead atoms. The van der Waals surface area contributed by atoms with Gasteiger partial charge in [-0.2, -0.15) is 0 Å². The quantitative estimate of drug-likeness (QED) is 0.455. The summed E-state index contributed by atoms with van der Waals surface area (Å²) in [6.45, 7) is 1.96. The van der Waals surface area contributed by atoms with Crippen LogP contribution in [0.25, 0.3) is 32.7 Å². The van der Waals surface area contributed by atoms with E-state index >= 15 is 0 Å². The zero-order chi connectivity index (χ0) is 17.2. The highest BCUT2D eigenvalue weighted by atomic mass is 32.1. The molecule has 122 valence electrons. The maximum atomic E-state index is 9.95. The van der Waals surface area contributed by atoms with E-state index in [4.69, 9.17) is 0 Å². The lowest BCUT2D eigenvalue weighted by Gasteiger charge is -2.00. The topological polar surface area (TPSA) is 75.7 Å². The number of hydrogen-bond donors (Lipinski definition) is 1. The van der Waals surface area contributed by atoms with Crippen molar-refractivity contribution in [2.75, 3.05) is 0 Å². The van der Waals surface area contributed by atoms with E-state index in [1.165, 1.54) is 0 Å². The van der Waals surface area contributed by atoms with E-state index in [0.29, 0.717) is 11.5 Å². The van der Waals surface area contributed by atoms with Gasteiger partial charge >= 0.3 is 5.69 Å². The highest BCUT2D eigenvalue weighted by molar-refractivity contribution is 7.18. The van der Waals surface area contributed by atoms with Crippen LogP contribution >= 0.6 is 11.3 Å². The lowest BCUT2D eigenvalue weighted by Crippen LogP contribution is -2.32. The predicted octanol–water partition coefficient (Wildman–Crippen LogP) is 3.16. The molecular formula is C18H14N5OS+. The number of aromatic nitrogens is 5. The van der Waals surface area contributed by atoms with Crippen molar-refractivity contribution < 1.29 is 9.94 Å². The van der Waals surface area contributed by atoms with Crippen LogP contribution in [0.4, 0.5) is 0 Å². The first kappa shape index (κ1) is 15.3. The first-order valence-electron chi connectivity index (χ1n) is 7.64. The summed E-state index contributed by atoms with van der Waals surface area (Å²) in [4.78, 5) is 18.6. The molecule has 6 nitrogen and oxygen atoms in total. The fourth-order valence-corrected chi connectivity index (χ4v) is 3.49. The molecule has 4 rings (SSSR count). The van der Waals surface area contributed by atoms with Gasteiger partial charge in [-0.05, 0) is 31.2 Å². The summed E-state index contributed by atoms with van der Waals surface area (Å²) in [6.07, 6.45) is 6.77. The Labute approximate surface area is 148 Å². The summed E-state index contributed by atoms with van der Waals surface area (Å²) in [5.74, 6) is 0.455. The minimum Gasteiger partial charge on any atom is -0.284 e. The molecule has 0 spiro atoms. The second kappa shape index (κ2) is 6.37. The van der Waals surface area contributed by atoms with Gasteiger partial charge in [0.2, 0.25) is 12.0 Å². The van der Waals surface area contributed by atoms with E-state index < -0.39 is 0 Å². The first-order valence-corrected chi connectivity index (χ1v) is 8.45. The van der Waals surface area contributed by atoms with Crippen molar-refractivity contribution in [1.29, 1.82) is 0 Å². The number of thiazole rings is 1. The van der Waals surface area contributed by atoms with Crippen LogP contribution in [0.5, 0.6) is 0 Å². The van der Waals surface area contributed by atoms with Crippen LogP contribution in [0.15, 0.2) is 61.2 Å². The maximum Gasteiger partial charge on any atom is 0.301 e. The number of aryl methyl sites for hydroxylation is 1. The lowest BCUT2D eigenvalue weighted by atomic mass is 10.2. The Bertz CT molecular complexity index is 1030. The van der Waals surface area contributed by atoms with Crippen molar-refractivity contribution in [2.24, 2.45) is 0 Å². The molecule has 0 unspecified atom stereocenters. The molecule has 4 aromatic rings. The molecule has 0 aliphatic rings. The summed E-state index contributed by atoms with van der Waals surface area (Å²) >= 11 is 1.56. The molecule has 4 heterocycles. The molecule has 0 fully saturated rings. The van der Waals surface area contributed by atoms with Gasteiger partial charge in [-0.3, -0.25) is 10.2 Å². The molecule has 0 aromatic carbocycles. The molecule has 0 atom stereocenters. The molecule has 1 N–H and O–H groups in total. The second-order valence-electron chi connectivity index (χ2n) is 5.37. The second-order valence-corrected chi connectivity index (χ2v) is 6.37. The zero-order valence-electron chi connectivity index (χ0n) is 13.4. The molecule has 4 aromatic heterocycles. The fraction of sp³-hybridized carbons (Fsp3) is 0.0556. The molecule has 0 amide bonds. The summed E-state index contributed by atoms with van der Waals surface area (Å²) < 4.78 is 1.01. The smallest absolute Gasteiger partial charge is 0.284 e. The van der Waals surface area contributed by atoms with Crippen molar-refractivity contribution in [3.8, 4) is 32.7 Å². The van der Waals surface area contributed by atoms with Crippen molar-refractivity contribution in [1.82, 2.24) is 19.9 Å². The van der Waals surface area contributed by atoms with Crippen LogP contribution in [0, 0.1) is 6.92 Å². The van der Waals surface area contributed by atoms with E-state index in [1.807, 2.05) is 31.2 Å². The largest absolute Gasteiger partial charge is 0.301 e. The van der Waals surface area contributed by atoms with Gasteiger partial charge in [0.15, 0.2) is 0 Å². The third-order valence-corrected chi connectivity index (χ3v) is 4.89. The Morgan fingerprint density at radius 1 is 1.04 bits per heavy atom. The summed E-state index contributed by atoms with van der Waals surface area (Å²) in [6, 6.07) is 11.1. The van der Waals surface area contributed by atoms with Gasteiger partial charge in [0.25, 0.3) is 0 Å². The molecular weight excluding hydrogens is 334 g/mol. The van der Waals surface area contributed by atoms with Crippen molar-refractivity contribution in [3.63, 3.8) is 0 Å². The minimum absolute atomic E-state index is 0.455. The third-order valence-electron chi connectivity index (χ3n) is 3.66. The molecule has 0 aliphatic heterocycles. The van der Waals surface area contributed by atoms with E-state index in [-0.39, 0.29) is 0 Å². The lowest BCUT2D eigenvalue weighted by molar-refractivity contribution is -0.896. The standard InChI is InChI=1S/C18H14N5OS/c1-12-16(25-18(21-12)13-5-4-8-19-11-13)14-7-9-20-17(22-14)15-6-2-3-10-23(15)24/h2-11,24H,1H3/q+1. The minimum atomic E-state index is 0.455. The maximum absolute atomic E-state index is 9.95. The fourth-order valence-electron chi connectivity index (χ4n) is 2.47. The van der Waals surface area contributed by atoms with Gasteiger partial charge in [-0.15, -0.1) is 11.3 Å². The third kappa shape index (κ3) is 2.97. The monoisotopic (exact) mass is 348 g/mol. The summed E-state index contributed by atoms with van der Waals surface area (Å²) in [5, 5.41) is 10.9. The van der Waals surface area contributed by atoms with Crippen molar-refractivity contribution in [3.05, 3.63) is 66.9 Å². The Kier molecular flexibility index (Phi) is 3.91. The van der Waals surface area contributed by atoms with Crippen LogP contribution in [0.2, 0.25) is 0 Å². The molecule has 0 saturated carbocycles. The Morgan fingerprint density at radius 3 is 2.76 bits per heavy atom. The highest BCUT2D eigenvalue weighted by Gasteiger charge is 2.18. The van der Waals surface area contributed by atoms with Gasteiger partial charge in [-0.1, -0.05) is 0 Å². The highest BCUT2D eigenvalue weighted by Crippen LogP contribution is 2.34. The predicted molar refractivity (Wildman–Crippen MR) is 93.9 cm³/mol. The normalized spacial score (nSPS) is 10.8. The number of pyridine rings is 2. The first-order chi connectivity index (χ1) is 12.2. The molecule has 0 aliphatic carbocycles. The SMILES string of the molecule is Cc1nc(-c2cccnc2)sc1-c1ccnc(-c2cccc[n+]2O)n1. The number of hydrogen-bond acceptors (Lipinski definition) is 6. The van der Waals surface area contributed by atoms with Crippen LogP contribution in [-0.4, -0.2) is 25.1 Å². The molecule has 7 heteroatoms. The van der Waals surface area contributed by atoms with Crippen LogP contribution in [0.3, 0.4) is 0 Å². The Balaban J connectivity index is 1.78. The van der Waals surface area contributed by atoms with Gasteiger partial charge in [0, 0.05) is 41.0 Å². The van der Waals surface area contributed by atoms with Gasteiger partial charge in [0.05, 0.1) is 16.3 Å². The Morgan fingerprint density at radius 2 is 1.96 bits per heavy atom. The van der Waals surface area contributed by atoms with Gasteiger partial charge in [-0.25, -0.2) is 15.0 Å². The molecule has 0 saturated heterocycles. The van der Waals surface area contributed by atoms with Crippen LogP contribution in [0.1, 0.15) is 5.69 Å². The number of rotatable bonds is 3. The average molecular weight is 348 g/mol. The van der Waals surface area contributed by atoms with E-state index in [1.54, 1.807) is 48.3 Å². The van der Waals surface area contributed by atoms with E-state index in [0.717, 1.165) is 31.6 Å². The van der Waals surface area contributed by atoms with Crippen LogP contribution < -0.4 is 4.73 Å². The molecule has 25 heavy (non-hydrogen) atoms.